The maximum absolute atomic E-state index is 12.5. The van der Waals surface area contributed by atoms with E-state index in [-0.39, 0.29) is 6.09 Å². The van der Waals surface area contributed by atoms with Gasteiger partial charge < -0.3 is 14.8 Å². The minimum atomic E-state index is -0.536. The molecule has 0 spiro atoms. The van der Waals surface area contributed by atoms with Crippen LogP contribution in [0.4, 0.5) is 4.79 Å². The number of ether oxygens (including phenoxy) is 2. The van der Waals surface area contributed by atoms with Crippen molar-refractivity contribution >= 4 is 11.9 Å². The van der Waals surface area contributed by atoms with Crippen LogP contribution in [0.1, 0.15) is 52.5 Å². The second-order valence-electron chi connectivity index (χ2n) is 10.2. The van der Waals surface area contributed by atoms with Crippen molar-refractivity contribution in [2.45, 2.75) is 58.1 Å². The van der Waals surface area contributed by atoms with Crippen molar-refractivity contribution in [3.63, 3.8) is 0 Å². The third-order valence-electron chi connectivity index (χ3n) is 6.47. The van der Waals surface area contributed by atoms with E-state index in [1.54, 1.807) is 6.20 Å². The quantitative estimate of drug-likeness (QED) is 0.344. The van der Waals surface area contributed by atoms with Gasteiger partial charge >= 0.3 is 6.09 Å². The maximum atomic E-state index is 12.5. The summed E-state index contributed by atoms with van der Waals surface area (Å²) in [6.07, 6.45) is 6.10. The Kier molecular flexibility index (Phi) is 6.16. The molecule has 4 aromatic rings. The Balaban J connectivity index is 1.52. The van der Waals surface area contributed by atoms with Gasteiger partial charge in [-0.05, 0) is 52.5 Å². The van der Waals surface area contributed by atoms with Gasteiger partial charge in [0.2, 0.25) is 5.78 Å². The monoisotopic (exact) mass is 484 g/mol. The molecule has 1 fully saturated rings. The van der Waals surface area contributed by atoms with Crippen molar-refractivity contribution < 1.29 is 14.3 Å². The molecule has 2 aromatic carbocycles. The predicted octanol–water partition coefficient (Wildman–Crippen LogP) is 6.37. The Labute approximate surface area is 211 Å². The lowest BCUT2D eigenvalue weighted by Crippen LogP contribution is -2.52. The molecule has 2 aromatic heterocycles. The molecule has 0 aliphatic heterocycles. The topological polar surface area (TPSA) is 77.8 Å². The molecule has 0 bridgehead atoms. The van der Waals surface area contributed by atoms with Gasteiger partial charge in [-0.3, -0.25) is 4.40 Å². The van der Waals surface area contributed by atoms with Gasteiger partial charge in [-0.1, -0.05) is 54.6 Å². The highest BCUT2D eigenvalue weighted by Crippen LogP contribution is 2.42. The van der Waals surface area contributed by atoms with E-state index in [0.717, 1.165) is 47.3 Å². The zero-order valence-corrected chi connectivity index (χ0v) is 21.2. The lowest BCUT2D eigenvalue weighted by molar-refractivity contribution is 0.0377. The van der Waals surface area contributed by atoms with Crippen molar-refractivity contribution in [1.29, 1.82) is 0 Å². The first-order valence-electron chi connectivity index (χ1n) is 12.5. The molecule has 186 valence electrons. The van der Waals surface area contributed by atoms with Gasteiger partial charge in [-0.2, -0.15) is 0 Å². The number of imidazole rings is 1. The Morgan fingerprint density at radius 2 is 1.78 bits per heavy atom. The number of alkyl carbamates (subject to hydrolysis) is 1. The van der Waals surface area contributed by atoms with Gasteiger partial charge in [-0.15, -0.1) is 0 Å². The summed E-state index contributed by atoms with van der Waals surface area (Å²) in [6, 6.07) is 18.5. The van der Waals surface area contributed by atoms with Crippen LogP contribution in [0.25, 0.3) is 28.3 Å². The molecule has 2 heterocycles. The highest BCUT2D eigenvalue weighted by molar-refractivity contribution is 5.81. The van der Waals surface area contributed by atoms with Gasteiger partial charge in [-0.25, -0.2) is 14.8 Å². The summed E-state index contributed by atoms with van der Waals surface area (Å²) >= 11 is 0. The zero-order valence-electron chi connectivity index (χ0n) is 21.2. The first-order chi connectivity index (χ1) is 17.3. The number of nitrogens with one attached hydrogen (secondary N) is 1. The van der Waals surface area contributed by atoms with Gasteiger partial charge in [0.25, 0.3) is 0 Å². The van der Waals surface area contributed by atoms with Crippen LogP contribution in [0.15, 0.2) is 67.0 Å². The summed E-state index contributed by atoms with van der Waals surface area (Å²) in [5.41, 5.74) is 3.97. The second kappa shape index (κ2) is 9.30. The predicted molar refractivity (Wildman–Crippen MR) is 140 cm³/mol. The number of hydrogen-bond acceptors (Lipinski definition) is 5. The van der Waals surface area contributed by atoms with Crippen LogP contribution in [0.5, 0.6) is 5.75 Å². The summed E-state index contributed by atoms with van der Waals surface area (Å²) in [6.45, 7) is 8.15. The largest absolute Gasteiger partial charge is 0.491 e. The molecule has 1 aliphatic rings. The summed E-state index contributed by atoms with van der Waals surface area (Å²) in [4.78, 5) is 22.0. The van der Waals surface area contributed by atoms with Crippen LogP contribution in [0, 0.1) is 0 Å². The molecule has 0 saturated heterocycles. The molecule has 36 heavy (non-hydrogen) atoms. The lowest BCUT2D eigenvalue weighted by atomic mass is 9.71. The van der Waals surface area contributed by atoms with E-state index in [2.05, 4.69) is 46.7 Å². The highest BCUT2D eigenvalue weighted by Gasteiger charge is 2.41. The Morgan fingerprint density at radius 1 is 1.06 bits per heavy atom. The van der Waals surface area contributed by atoms with E-state index in [4.69, 9.17) is 14.5 Å². The standard InChI is InChI=1S/C29H32N4O3/c1-5-35-23-18-30-26-31-24(25(33(26)19-23)21-10-7-6-8-11-21)20-12-14-22(15-13-20)29(16-9-17-29)32-27(34)36-28(2,3)4/h6-8,10-15,18-19H,5,9,16-17H2,1-4H3,(H,32,34). The van der Waals surface area contributed by atoms with Crippen molar-refractivity contribution in [3.8, 4) is 28.3 Å². The Hall–Kier alpha value is -3.87. The fourth-order valence-corrected chi connectivity index (χ4v) is 4.69. The molecule has 0 radical (unpaired) electrons. The fraction of sp³-hybridized carbons (Fsp3) is 0.345. The van der Waals surface area contributed by atoms with Crippen molar-refractivity contribution in [2.75, 3.05) is 6.61 Å². The van der Waals surface area contributed by atoms with E-state index >= 15 is 0 Å². The average molecular weight is 485 g/mol. The van der Waals surface area contributed by atoms with E-state index in [0.29, 0.717) is 18.1 Å². The molecular weight excluding hydrogens is 452 g/mol. The van der Waals surface area contributed by atoms with E-state index < -0.39 is 11.1 Å². The number of carbonyl (C=O) groups is 1. The molecule has 1 N–H and O–H groups in total. The van der Waals surface area contributed by atoms with Gasteiger partial charge in [0.05, 0.1) is 35.9 Å². The maximum Gasteiger partial charge on any atom is 0.408 e. The van der Waals surface area contributed by atoms with Crippen molar-refractivity contribution in [1.82, 2.24) is 19.7 Å². The van der Waals surface area contributed by atoms with Crippen molar-refractivity contribution in [2.24, 2.45) is 0 Å². The molecule has 5 rings (SSSR count). The number of fused-ring (bicyclic) bond motifs is 1. The number of nitrogens with zero attached hydrogens (tertiary/aromatic N) is 3. The summed E-state index contributed by atoms with van der Waals surface area (Å²) in [5.74, 6) is 1.31. The SMILES string of the molecule is CCOc1cnc2nc(-c3ccc(C4(NC(=O)OC(C)(C)C)CCC4)cc3)c(-c3ccccc3)n2c1. The summed E-state index contributed by atoms with van der Waals surface area (Å²) in [5, 5.41) is 3.13. The van der Waals surface area contributed by atoms with E-state index in [1.807, 2.05) is 56.5 Å². The number of aromatic nitrogens is 3. The first-order valence-corrected chi connectivity index (χ1v) is 12.5. The van der Waals surface area contributed by atoms with E-state index in [9.17, 15) is 4.79 Å². The summed E-state index contributed by atoms with van der Waals surface area (Å²) in [7, 11) is 0. The van der Waals surface area contributed by atoms with Crippen LogP contribution in [-0.4, -0.2) is 32.7 Å². The molecule has 0 unspecified atom stereocenters. The average Bonchev–Trinajstić information content (AvgIpc) is 3.20. The minimum absolute atomic E-state index is 0.380. The third kappa shape index (κ3) is 4.65. The van der Waals surface area contributed by atoms with Gasteiger partial charge in [0.15, 0.2) is 5.75 Å². The molecular formula is C29H32N4O3. The minimum Gasteiger partial charge on any atom is -0.491 e. The normalized spacial score (nSPS) is 14.8. The van der Waals surface area contributed by atoms with Crippen LogP contribution < -0.4 is 10.1 Å². The highest BCUT2D eigenvalue weighted by atomic mass is 16.6. The first kappa shape index (κ1) is 23.9. The van der Waals surface area contributed by atoms with Gasteiger partial charge in [0, 0.05) is 11.1 Å². The van der Waals surface area contributed by atoms with Gasteiger partial charge in [0.1, 0.15) is 5.60 Å². The third-order valence-corrected chi connectivity index (χ3v) is 6.47. The molecule has 7 nitrogen and oxygen atoms in total. The van der Waals surface area contributed by atoms with Crippen LogP contribution in [0.2, 0.25) is 0 Å². The van der Waals surface area contributed by atoms with Crippen molar-refractivity contribution in [3.05, 3.63) is 72.6 Å². The lowest BCUT2D eigenvalue weighted by Gasteiger charge is -2.43. The molecule has 1 saturated carbocycles. The molecule has 1 aliphatic carbocycles. The number of rotatable bonds is 6. The molecule has 1 amide bonds. The van der Waals surface area contributed by atoms with Crippen LogP contribution in [0.3, 0.4) is 0 Å². The Morgan fingerprint density at radius 3 is 2.39 bits per heavy atom. The van der Waals surface area contributed by atoms with E-state index in [1.165, 1.54) is 0 Å². The fourth-order valence-electron chi connectivity index (χ4n) is 4.69. The number of amides is 1. The molecule has 0 atom stereocenters. The number of carbonyl (C=O) groups excluding carboxylic acids is 1. The second-order valence-corrected chi connectivity index (χ2v) is 10.2. The number of benzene rings is 2. The van der Waals surface area contributed by atoms with Crippen LogP contribution in [-0.2, 0) is 10.3 Å². The van der Waals surface area contributed by atoms with Crippen LogP contribution >= 0.6 is 0 Å². The molecule has 7 heteroatoms. The smallest absolute Gasteiger partial charge is 0.408 e. The zero-order chi connectivity index (χ0) is 25.3. The summed E-state index contributed by atoms with van der Waals surface area (Å²) < 4.78 is 13.2. The number of hydrogen-bond donors (Lipinski definition) is 1. The Bertz CT molecular complexity index is 1370.